The molecule has 8 heteroatoms. The molecule has 2 heterocycles. The Morgan fingerprint density at radius 1 is 1.41 bits per heavy atom. The largest absolute Gasteiger partial charge is 0.433 e. The van der Waals surface area contributed by atoms with Crippen molar-refractivity contribution in [1.29, 1.82) is 0 Å². The number of carbonyl (C=O) groups excluding carboxylic acids is 1. The van der Waals surface area contributed by atoms with Crippen LogP contribution in [-0.4, -0.2) is 20.5 Å². The summed E-state index contributed by atoms with van der Waals surface area (Å²) in [5, 5.41) is 3.48. The molecule has 0 unspecified atom stereocenters. The van der Waals surface area contributed by atoms with Crippen LogP contribution in [0.2, 0.25) is 0 Å². The van der Waals surface area contributed by atoms with Crippen LogP contribution in [0.4, 0.5) is 13.2 Å². The first kappa shape index (κ1) is 11.4. The number of nitrogens with two attached hydrogens (primary N) is 1. The van der Waals surface area contributed by atoms with Crippen molar-refractivity contribution in [2.45, 2.75) is 13.1 Å². The number of fused-ring (bicyclic) bond motifs is 1. The van der Waals surface area contributed by atoms with E-state index in [-0.39, 0.29) is 17.0 Å². The van der Waals surface area contributed by atoms with E-state index in [9.17, 15) is 18.0 Å². The second-order valence-electron chi connectivity index (χ2n) is 3.44. The summed E-state index contributed by atoms with van der Waals surface area (Å²) in [6, 6.07) is 1.97. The van der Waals surface area contributed by atoms with Gasteiger partial charge in [-0.05, 0) is 13.0 Å². The Morgan fingerprint density at radius 2 is 2.06 bits per heavy atom. The van der Waals surface area contributed by atoms with Gasteiger partial charge in [0.15, 0.2) is 11.3 Å². The molecule has 5 nitrogen and oxygen atoms in total. The summed E-state index contributed by atoms with van der Waals surface area (Å²) < 4.78 is 38.7. The van der Waals surface area contributed by atoms with Crippen molar-refractivity contribution in [3.8, 4) is 0 Å². The topological polar surface area (TPSA) is 73.3 Å². The first-order valence-electron chi connectivity index (χ1n) is 4.53. The van der Waals surface area contributed by atoms with Crippen LogP contribution >= 0.6 is 0 Å². The predicted molar refractivity (Wildman–Crippen MR) is 51.2 cm³/mol. The fourth-order valence-corrected chi connectivity index (χ4v) is 1.42. The third kappa shape index (κ3) is 1.93. The van der Waals surface area contributed by atoms with Gasteiger partial charge in [-0.1, -0.05) is 0 Å². The number of amides is 1. The molecule has 0 radical (unpaired) electrons. The highest BCUT2D eigenvalue weighted by molar-refractivity contribution is 5.91. The van der Waals surface area contributed by atoms with Crippen LogP contribution in [-0.2, 0) is 6.18 Å². The lowest BCUT2D eigenvalue weighted by molar-refractivity contribution is -0.142. The molecule has 1 amide bonds. The SMILES string of the molecule is Cc1cc(C(F)(F)F)n2nc(C(N)=O)cc2n1. The lowest BCUT2D eigenvalue weighted by atomic mass is 10.3. The minimum atomic E-state index is -4.58. The number of aryl methyl sites for hydroxylation is 1. The standard InChI is InChI=1S/C9H7F3N4O/c1-4-2-6(9(10,11)12)16-7(14-4)3-5(15-16)8(13)17/h2-3H,1H3,(H2,13,17). The van der Waals surface area contributed by atoms with E-state index >= 15 is 0 Å². The molecule has 0 spiro atoms. The van der Waals surface area contributed by atoms with Crippen molar-refractivity contribution < 1.29 is 18.0 Å². The molecule has 0 bridgehead atoms. The summed E-state index contributed by atoms with van der Waals surface area (Å²) in [5.41, 5.74) is 3.82. The number of carbonyl (C=O) groups is 1. The number of hydrogen-bond donors (Lipinski definition) is 1. The van der Waals surface area contributed by atoms with Gasteiger partial charge in [-0.15, -0.1) is 0 Å². The summed E-state index contributed by atoms with van der Waals surface area (Å²) in [7, 11) is 0. The second kappa shape index (κ2) is 3.44. The van der Waals surface area contributed by atoms with E-state index in [1.807, 2.05) is 0 Å². The maximum absolute atomic E-state index is 12.7. The van der Waals surface area contributed by atoms with Crippen molar-refractivity contribution in [1.82, 2.24) is 14.6 Å². The molecule has 0 saturated heterocycles. The van der Waals surface area contributed by atoms with E-state index in [1.54, 1.807) is 0 Å². The number of primary amides is 1. The Labute approximate surface area is 93.1 Å². The molecule has 2 aromatic rings. The Bertz CT molecular complexity index is 602. The summed E-state index contributed by atoms with van der Waals surface area (Å²) >= 11 is 0. The van der Waals surface area contributed by atoms with Crippen LogP contribution in [0.15, 0.2) is 12.1 Å². The normalized spacial score (nSPS) is 12.0. The molecule has 90 valence electrons. The lowest BCUT2D eigenvalue weighted by Crippen LogP contribution is -2.15. The average Bonchev–Trinajstić information content (AvgIpc) is 2.58. The van der Waals surface area contributed by atoms with Gasteiger partial charge in [0.1, 0.15) is 5.69 Å². The van der Waals surface area contributed by atoms with E-state index < -0.39 is 17.8 Å². The van der Waals surface area contributed by atoms with Crippen LogP contribution in [0.25, 0.3) is 5.65 Å². The smallest absolute Gasteiger partial charge is 0.364 e. The summed E-state index contributed by atoms with van der Waals surface area (Å²) in [6.45, 7) is 1.42. The molecule has 17 heavy (non-hydrogen) atoms. The van der Waals surface area contributed by atoms with Crippen LogP contribution in [0.3, 0.4) is 0 Å². The third-order valence-electron chi connectivity index (χ3n) is 2.10. The molecule has 0 fully saturated rings. The number of nitrogens with zero attached hydrogens (tertiary/aromatic N) is 3. The van der Waals surface area contributed by atoms with E-state index in [2.05, 4.69) is 10.1 Å². The van der Waals surface area contributed by atoms with Crippen molar-refractivity contribution >= 4 is 11.6 Å². The number of rotatable bonds is 1. The van der Waals surface area contributed by atoms with Gasteiger partial charge in [-0.2, -0.15) is 18.3 Å². The summed E-state index contributed by atoms with van der Waals surface area (Å²) in [6.07, 6.45) is -4.58. The number of hydrogen-bond acceptors (Lipinski definition) is 3. The van der Waals surface area contributed by atoms with Crippen molar-refractivity contribution in [3.63, 3.8) is 0 Å². The Morgan fingerprint density at radius 3 is 2.59 bits per heavy atom. The highest BCUT2D eigenvalue weighted by atomic mass is 19.4. The van der Waals surface area contributed by atoms with E-state index in [1.165, 1.54) is 6.92 Å². The fraction of sp³-hybridized carbons (Fsp3) is 0.222. The van der Waals surface area contributed by atoms with Crippen molar-refractivity contribution in [2.75, 3.05) is 0 Å². The molecule has 2 aromatic heterocycles. The van der Waals surface area contributed by atoms with Gasteiger partial charge in [0.25, 0.3) is 5.91 Å². The predicted octanol–water partition coefficient (Wildman–Crippen LogP) is 1.16. The van der Waals surface area contributed by atoms with Gasteiger partial charge in [0.05, 0.1) is 0 Å². The van der Waals surface area contributed by atoms with Crippen molar-refractivity contribution in [3.05, 3.63) is 29.2 Å². The third-order valence-corrected chi connectivity index (χ3v) is 2.10. The molecule has 0 atom stereocenters. The van der Waals surface area contributed by atoms with E-state index in [0.717, 1.165) is 12.1 Å². The summed E-state index contributed by atoms with van der Waals surface area (Å²) in [4.78, 5) is 14.7. The molecule has 0 aliphatic carbocycles. The zero-order valence-electron chi connectivity index (χ0n) is 8.62. The van der Waals surface area contributed by atoms with Crippen LogP contribution in [0, 0.1) is 6.92 Å². The van der Waals surface area contributed by atoms with E-state index in [0.29, 0.717) is 4.52 Å². The Kier molecular flexibility index (Phi) is 2.30. The molecule has 0 aliphatic rings. The highest BCUT2D eigenvalue weighted by Crippen LogP contribution is 2.29. The summed E-state index contributed by atoms with van der Waals surface area (Å²) in [5.74, 6) is -0.902. The average molecular weight is 244 g/mol. The fourth-order valence-electron chi connectivity index (χ4n) is 1.42. The van der Waals surface area contributed by atoms with Crippen LogP contribution in [0.1, 0.15) is 21.9 Å². The van der Waals surface area contributed by atoms with Gasteiger partial charge in [-0.25, -0.2) is 9.50 Å². The van der Waals surface area contributed by atoms with E-state index in [4.69, 9.17) is 5.73 Å². The number of aromatic nitrogens is 3. The zero-order valence-corrected chi connectivity index (χ0v) is 8.62. The highest BCUT2D eigenvalue weighted by Gasteiger charge is 2.35. The Balaban J connectivity index is 2.79. The van der Waals surface area contributed by atoms with Crippen molar-refractivity contribution in [2.24, 2.45) is 5.73 Å². The first-order valence-corrected chi connectivity index (χ1v) is 4.53. The maximum atomic E-state index is 12.7. The molecule has 0 aromatic carbocycles. The van der Waals surface area contributed by atoms with Gasteiger partial charge >= 0.3 is 6.18 Å². The van der Waals surface area contributed by atoms with Gasteiger partial charge in [0, 0.05) is 11.8 Å². The molecular formula is C9H7F3N4O. The lowest BCUT2D eigenvalue weighted by Gasteiger charge is -2.08. The molecule has 0 aliphatic heterocycles. The maximum Gasteiger partial charge on any atom is 0.433 e. The second-order valence-corrected chi connectivity index (χ2v) is 3.44. The number of alkyl halides is 3. The Hall–Kier alpha value is -2.12. The molecule has 2 N–H and O–H groups in total. The van der Waals surface area contributed by atoms with Crippen LogP contribution in [0.5, 0.6) is 0 Å². The monoisotopic (exact) mass is 244 g/mol. The number of halogens is 3. The van der Waals surface area contributed by atoms with Crippen LogP contribution < -0.4 is 5.73 Å². The minimum Gasteiger partial charge on any atom is -0.364 e. The first-order chi connectivity index (χ1) is 7.79. The van der Waals surface area contributed by atoms with Gasteiger partial charge in [-0.3, -0.25) is 4.79 Å². The molecule has 0 saturated carbocycles. The quantitative estimate of drug-likeness (QED) is 0.817. The van der Waals surface area contributed by atoms with Gasteiger partial charge < -0.3 is 5.73 Å². The minimum absolute atomic E-state index is 0.0638. The molecular weight excluding hydrogens is 237 g/mol. The van der Waals surface area contributed by atoms with Gasteiger partial charge in [0.2, 0.25) is 0 Å². The zero-order chi connectivity index (χ0) is 12.8. The molecule has 2 rings (SSSR count).